The standard InChI is InChI=1S/C28H32FN5O4S/c1-18-6-8-21(9-7-18)39(36,37)34-24(20-15-31-32(5)17-20)14-22-25(23(29)16-30-26(22)34)19-10-12-33(13-11-19)27(35)38-28(2,3)4/h6-9,14-17,19H,10-13H2,1-5H3. The van der Waals surface area contributed by atoms with Crippen molar-refractivity contribution in [2.75, 3.05) is 13.1 Å². The van der Waals surface area contributed by atoms with E-state index in [0.717, 1.165) is 11.8 Å². The van der Waals surface area contributed by atoms with Gasteiger partial charge in [-0.05, 0) is 64.7 Å². The molecule has 1 amide bonds. The first-order valence-corrected chi connectivity index (χ1v) is 14.3. The van der Waals surface area contributed by atoms with Crippen LogP contribution in [0.15, 0.2) is 53.8 Å². The molecule has 0 unspecified atom stereocenters. The largest absolute Gasteiger partial charge is 0.444 e. The molecule has 0 bridgehead atoms. The number of piperidine rings is 1. The van der Waals surface area contributed by atoms with E-state index in [-0.39, 0.29) is 16.5 Å². The van der Waals surface area contributed by atoms with Gasteiger partial charge in [0.1, 0.15) is 11.4 Å². The Morgan fingerprint density at radius 3 is 2.36 bits per heavy atom. The Bertz CT molecular complexity index is 1640. The Labute approximate surface area is 227 Å². The van der Waals surface area contributed by atoms with Crippen LogP contribution in [0.4, 0.5) is 9.18 Å². The third-order valence-corrected chi connectivity index (χ3v) is 8.61. The summed E-state index contributed by atoms with van der Waals surface area (Å²) in [6, 6.07) is 8.27. The molecule has 4 heterocycles. The van der Waals surface area contributed by atoms with E-state index in [1.165, 1.54) is 3.97 Å². The number of benzene rings is 1. The number of rotatable bonds is 4. The number of ether oxygens (including phenoxy) is 1. The molecule has 0 N–H and O–H groups in total. The molecular formula is C28H32FN5O4S. The van der Waals surface area contributed by atoms with Gasteiger partial charge < -0.3 is 9.64 Å². The number of aryl methyl sites for hydroxylation is 2. The Balaban J connectivity index is 1.60. The number of halogens is 1. The fraction of sp³-hybridized carbons (Fsp3) is 0.393. The van der Waals surface area contributed by atoms with Crippen LogP contribution >= 0.6 is 0 Å². The van der Waals surface area contributed by atoms with Gasteiger partial charge in [-0.15, -0.1) is 0 Å². The van der Waals surface area contributed by atoms with Gasteiger partial charge in [-0.3, -0.25) is 4.68 Å². The highest BCUT2D eigenvalue weighted by atomic mass is 32.2. The number of fused-ring (bicyclic) bond motifs is 1. The normalized spacial score (nSPS) is 15.2. The van der Waals surface area contributed by atoms with Crippen molar-refractivity contribution in [2.45, 2.75) is 57.0 Å². The van der Waals surface area contributed by atoms with Crippen LogP contribution < -0.4 is 0 Å². The predicted octanol–water partition coefficient (Wildman–Crippen LogP) is 5.24. The Morgan fingerprint density at radius 1 is 1.10 bits per heavy atom. The molecular weight excluding hydrogens is 521 g/mol. The summed E-state index contributed by atoms with van der Waals surface area (Å²) in [6.45, 7) is 8.14. The van der Waals surface area contributed by atoms with Crippen molar-refractivity contribution in [3.05, 3.63) is 65.9 Å². The van der Waals surface area contributed by atoms with Gasteiger partial charge in [0.05, 0.1) is 23.0 Å². The molecule has 1 aromatic carbocycles. The van der Waals surface area contributed by atoms with Crippen LogP contribution in [0.3, 0.4) is 0 Å². The van der Waals surface area contributed by atoms with Gasteiger partial charge in [0, 0.05) is 42.8 Å². The molecule has 4 aromatic rings. The van der Waals surface area contributed by atoms with E-state index < -0.39 is 27.5 Å². The lowest BCUT2D eigenvalue weighted by atomic mass is 9.88. The van der Waals surface area contributed by atoms with Crippen LogP contribution in [0.1, 0.15) is 50.7 Å². The minimum atomic E-state index is -4.08. The monoisotopic (exact) mass is 553 g/mol. The van der Waals surface area contributed by atoms with Crippen LogP contribution in [-0.2, 0) is 21.8 Å². The molecule has 11 heteroatoms. The minimum Gasteiger partial charge on any atom is -0.444 e. The number of hydrogen-bond donors (Lipinski definition) is 0. The van der Waals surface area contributed by atoms with Gasteiger partial charge in [-0.1, -0.05) is 17.7 Å². The predicted molar refractivity (Wildman–Crippen MR) is 145 cm³/mol. The van der Waals surface area contributed by atoms with Gasteiger partial charge >= 0.3 is 6.09 Å². The zero-order valence-corrected chi connectivity index (χ0v) is 23.5. The molecule has 5 rings (SSSR count). The minimum absolute atomic E-state index is 0.106. The number of likely N-dealkylation sites (tertiary alicyclic amines) is 1. The van der Waals surface area contributed by atoms with Gasteiger partial charge in [0.15, 0.2) is 5.65 Å². The van der Waals surface area contributed by atoms with Crippen molar-refractivity contribution in [1.29, 1.82) is 0 Å². The zero-order valence-electron chi connectivity index (χ0n) is 22.7. The lowest BCUT2D eigenvalue weighted by Gasteiger charge is -2.33. The van der Waals surface area contributed by atoms with E-state index in [2.05, 4.69) is 10.1 Å². The number of pyridine rings is 1. The van der Waals surface area contributed by atoms with Crippen molar-refractivity contribution in [1.82, 2.24) is 23.6 Å². The third-order valence-electron chi connectivity index (χ3n) is 6.90. The summed E-state index contributed by atoms with van der Waals surface area (Å²) in [5.74, 6) is -0.727. The fourth-order valence-electron chi connectivity index (χ4n) is 5.02. The van der Waals surface area contributed by atoms with Crippen LogP contribution in [0.5, 0.6) is 0 Å². The second-order valence-corrected chi connectivity index (χ2v) is 12.8. The molecule has 0 spiro atoms. The molecule has 1 aliphatic rings. The molecule has 3 aromatic heterocycles. The first-order chi connectivity index (χ1) is 18.3. The lowest BCUT2D eigenvalue weighted by molar-refractivity contribution is 0.0204. The second kappa shape index (κ2) is 9.78. The summed E-state index contributed by atoms with van der Waals surface area (Å²) in [5, 5.41) is 4.65. The SMILES string of the molecule is Cc1ccc(S(=O)(=O)n2c(-c3cnn(C)c3)cc3c(C4CCN(C(=O)OC(C)(C)C)CC4)c(F)cnc32)cc1. The maximum atomic E-state index is 15.5. The maximum Gasteiger partial charge on any atom is 0.410 e. The zero-order chi connectivity index (χ0) is 28.1. The summed E-state index contributed by atoms with van der Waals surface area (Å²) in [4.78, 5) is 18.6. The number of nitrogens with zero attached hydrogens (tertiary/aromatic N) is 5. The van der Waals surface area contributed by atoms with Crippen molar-refractivity contribution < 1.29 is 22.3 Å². The molecule has 39 heavy (non-hydrogen) atoms. The van der Waals surface area contributed by atoms with E-state index >= 15 is 4.39 Å². The summed E-state index contributed by atoms with van der Waals surface area (Å²) in [5.41, 5.74) is 1.80. The molecule has 0 atom stereocenters. The molecule has 1 aliphatic heterocycles. The molecule has 0 aliphatic carbocycles. The molecule has 1 fully saturated rings. The molecule has 206 valence electrons. The van der Waals surface area contributed by atoms with E-state index in [9.17, 15) is 13.2 Å². The highest BCUT2D eigenvalue weighted by molar-refractivity contribution is 7.90. The van der Waals surface area contributed by atoms with E-state index in [0.29, 0.717) is 48.1 Å². The highest BCUT2D eigenvalue weighted by Gasteiger charge is 2.32. The summed E-state index contributed by atoms with van der Waals surface area (Å²) < 4.78 is 51.6. The maximum absolute atomic E-state index is 15.5. The smallest absolute Gasteiger partial charge is 0.410 e. The third kappa shape index (κ3) is 5.15. The topological polar surface area (TPSA) is 99.3 Å². The fourth-order valence-corrected chi connectivity index (χ4v) is 6.51. The number of hydrogen-bond acceptors (Lipinski definition) is 6. The van der Waals surface area contributed by atoms with Crippen LogP contribution in [-0.4, -0.2) is 56.8 Å². The van der Waals surface area contributed by atoms with Gasteiger partial charge in [0.25, 0.3) is 10.0 Å². The Kier molecular flexibility index (Phi) is 6.74. The number of carbonyl (C=O) groups excluding carboxylic acids is 1. The second-order valence-electron chi connectivity index (χ2n) is 11.0. The molecule has 9 nitrogen and oxygen atoms in total. The van der Waals surface area contributed by atoms with Crippen molar-refractivity contribution in [2.24, 2.45) is 7.05 Å². The highest BCUT2D eigenvalue weighted by Crippen LogP contribution is 2.39. The van der Waals surface area contributed by atoms with Crippen LogP contribution in [0, 0.1) is 12.7 Å². The van der Waals surface area contributed by atoms with Gasteiger partial charge in [0.2, 0.25) is 0 Å². The van der Waals surface area contributed by atoms with E-state index in [4.69, 9.17) is 4.74 Å². The first kappa shape index (κ1) is 26.9. The van der Waals surface area contributed by atoms with E-state index in [1.54, 1.807) is 59.4 Å². The quantitative estimate of drug-likeness (QED) is 0.343. The molecule has 0 radical (unpaired) electrons. The average Bonchev–Trinajstić information content (AvgIpc) is 3.47. The lowest BCUT2D eigenvalue weighted by Crippen LogP contribution is -2.41. The van der Waals surface area contributed by atoms with Crippen molar-refractivity contribution in [3.8, 4) is 11.3 Å². The number of aromatic nitrogens is 4. The Hall–Kier alpha value is -3.73. The van der Waals surface area contributed by atoms with Gasteiger partial charge in [-0.2, -0.15) is 5.10 Å². The summed E-state index contributed by atoms with van der Waals surface area (Å²) in [6.07, 6.45) is 5.00. The number of amides is 1. The summed E-state index contributed by atoms with van der Waals surface area (Å²) >= 11 is 0. The van der Waals surface area contributed by atoms with Crippen LogP contribution in [0.25, 0.3) is 22.3 Å². The Morgan fingerprint density at radius 2 is 1.77 bits per heavy atom. The average molecular weight is 554 g/mol. The van der Waals surface area contributed by atoms with Crippen LogP contribution in [0.2, 0.25) is 0 Å². The van der Waals surface area contributed by atoms with E-state index in [1.807, 2.05) is 27.7 Å². The summed E-state index contributed by atoms with van der Waals surface area (Å²) in [7, 11) is -2.34. The van der Waals surface area contributed by atoms with Crippen molar-refractivity contribution >= 4 is 27.1 Å². The molecule has 1 saturated heterocycles. The number of carbonyl (C=O) groups is 1. The first-order valence-electron chi connectivity index (χ1n) is 12.8. The molecule has 0 saturated carbocycles. The van der Waals surface area contributed by atoms with Gasteiger partial charge in [-0.25, -0.2) is 26.6 Å². The van der Waals surface area contributed by atoms with Crippen molar-refractivity contribution in [3.63, 3.8) is 0 Å².